The average molecular weight is 2110 g/mol. The van der Waals surface area contributed by atoms with Gasteiger partial charge in [0.05, 0.1) is 134 Å². The molecule has 44 heteroatoms. The zero-order valence-corrected chi connectivity index (χ0v) is 89.1. The summed E-state index contributed by atoms with van der Waals surface area (Å²) in [7, 11) is -13.8. The van der Waals surface area contributed by atoms with Crippen LogP contribution in [0.2, 0.25) is 0 Å². The minimum Gasteiger partial charge on any atom is -0.431 e. The summed E-state index contributed by atoms with van der Waals surface area (Å²) in [5.74, 6) is 3.29. The minimum absolute atomic E-state index is 0.105. The predicted octanol–water partition coefficient (Wildman–Crippen LogP) is 18.3. The number of nitrogens with zero attached hydrogens (tertiary/aromatic N) is 16. The fourth-order valence-corrected chi connectivity index (χ4v) is 23.2. The van der Waals surface area contributed by atoms with Crippen LogP contribution >= 0.6 is 30.1 Å². The lowest BCUT2D eigenvalue weighted by molar-refractivity contribution is 0.0698. The molecule has 9 atom stereocenters. The molecular weight excluding hydrogens is 1980 g/mol. The first-order valence-electron chi connectivity index (χ1n) is 48.8. The van der Waals surface area contributed by atoms with Crippen LogP contribution in [0, 0.1) is 27.7 Å². The first kappa shape index (κ1) is 111. The van der Waals surface area contributed by atoms with Crippen molar-refractivity contribution in [2.45, 2.75) is 183 Å². The Morgan fingerprint density at radius 2 is 0.718 bits per heavy atom. The van der Waals surface area contributed by atoms with Crippen LogP contribution < -0.4 is 61.4 Å². The molecule has 8 aromatic heterocycles. The lowest BCUT2D eigenvalue weighted by atomic mass is 10.1. The van der Waals surface area contributed by atoms with Gasteiger partial charge in [-0.25, -0.2) is 80.2 Å². The van der Waals surface area contributed by atoms with E-state index in [2.05, 4.69) is 118 Å². The molecular formula is C105H132N24O16P4. The van der Waals surface area contributed by atoms with Gasteiger partial charge in [-0.05, 0) is 176 Å². The molecule has 17 rings (SSSR count). The third-order valence-electron chi connectivity index (χ3n) is 23.5. The van der Waals surface area contributed by atoms with E-state index in [1.165, 1.54) is 47.6 Å². The molecule has 1 saturated carbocycles. The van der Waals surface area contributed by atoms with Crippen molar-refractivity contribution in [1.82, 2.24) is 98.4 Å². The monoisotopic (exact) mass is 2110 g/mol. The summed E-state index contributed by atoms with van der Waals surface area (Å²) in [4.78, 5) is 50.1. The summed E-state index contributed by atoms with van der Waals surface area (Å²) in [6.45, 7) is 27.0. The number of nitrogens with two attached hydrogens (primary N) is 4. The van der Waals surface area contributed by atoms with Crippen LogP contribution in [0.4, 0.5) is 23.3 Å². The van der Waals surface area contributed by atoms with Crippen LogP contribution in [-0.4, -0.2) is 178 Å². The minimum atomic E-state index is -3.51. The summed E-state index contributed by atoms with van der Waals surface area (Å²) in [6, 6.07) is 68.5. The highest BCUT2D eigenvalue weighted by molar-refractivity contribution is 7.58. The van der Waals surface area contributed by atoms with Gasteiger partial charge in [-0.3, -0.25) is 18.3 Å². The predicted molar refractivity (Wildman–Crippen MR) is 576 cm³/mol. The second-order valence-electron chi connectivity index (χ2n) is 37.2. The van der Waals surface area contributed by atoms with Gasteiger partial charge in [-0.1, -0.05) is 175 Å². The molecule has 8 heterocycles. The molecule has 1 aliphatic carbocycles. The molecule has 8 aromatic carbocycles. The van der Waals surface area contributed by atoms with E-state index in [0.29, 0.717) is 177 Å². The highest BCUT2D eigenvalue weighted by Crippen LogP contribution is 2.52. The molecule has 40 nitrogen and oxygen atoms in total. The van der Waals surface area contributed by atoms with Gasteiger partial charge in [-0.15, -0.1) is 0 Å². The summed E-state index contributed by atoms with van der Waals surface area (Å²) in [5, 5.41) is 12.6. The van der Waals surface area contributed by atoms with E-state index in [9.17, 15) is 18.3 Å². The zero-order valence-electron chi connectivity index (χ0n) is 85.5. The molecule has 0 spiro atoms. The Morgan fingerprint density at radius 3 is 1.11 bits per heavy atom. The molecule has 0 amide bonds. The number of ether oxygens (including phenoxy) is 8. The molecule has 12 N–H and O–H groups in total. The number of para-hydroxylation sites is 4. The summed E-state index contributed by atoms with van der Waals surface area (Å²) in [5.41, 5.74) is 36.3. The first-order chi connectivity index (χ1) is 71.7. The molecule has 1 aliphatic rings. The van der Waals surface area contributed by atoms with Crippen LogP contribution in [0.1, 0.15) is 106 Å². The van der Waals surface area contributed by atoms with Gasteiger partial charge < -0.3 is 97.2 Å². The van der Waals surface area contributed by atoms with Gasteiger partial charge in [0.2, 0.25) is 0 Å². The van der Waals surface area contributed by atoms with E-state index >= 15 is 0 Å². The number of benzene rings is 8. The second kappa shape index (κ2) is 53.3. The molecule has 0 radical (unpaired) electrons. The fourth-order valence-electron chi connectivity index (χ4n) is 15.7. The second-order valence-corrected chi connectivity index (χ2v) is 45.4. The van der Waals surface area contributed by atoms with E-state index in [1.54, 1.807) is 73.8 Å². The third kappa shape index (κ3) is 33.9. The summed E-state index contributed by atoms with van der Waals surface area (Å²) >= 11 is 0. The molecule has 0 aliphatic heterocycles. The summed E-state index contributed by atoms with van der Waals surface area (Å²) in [6.07, 6.45) is 12.1. The molecule has 0 bridgehead atoms. The lowest BCUT2D eigenvalue weighted by Gasteiger charge is -2.32. The van der Waals surface area contributed by atoms with Gasteiger partial charge in [0.15, 0.2) is 45.9 Å². The lowest BCUT2D eigenvalue weighted by Crippen LogP contribution is -2.43. The van der Waals surface area contributed by atoms with E-state index < -0.39 is 41.2 Å². The Bertz CT molecular complexity index is 6960. The quantitative estimate of drug-likeness (QED) is 0.0130. The maximum absolute atomic E-state index is 14.1. The van der Waals surface area contributed by atoms with Gasteiger partial charge in [0.25, 0.3) is 0 Å². The van der Waals surface area contributed by atoms with Gasteiger partial charge in [0, 0.05) is 18.1 Å². The largest absolute Gasteiger partial charge is 0.431 e. The van der Waals surface area contributed by atoms with Gasteiger partial charge >= 0.3 is 30.1 Å². The Morgan fingerprint density at radius 1 is 0.376 bits per heavy atom. The van der Waals surface area contributed by atoms with E-state index in [1.807, 2.05) is 226 Å². The molecule has 1 fully saturated rings. The average Bonchev–Trinajstić information content (AvgIpc) is 1.62. The van der Waals surface area contributed by atoms with Crippen molar-refractivity contribution in [1.29, 1.82) is 0 Å². The number of rotatable bonds is 52. The number of aryl methyl sites for hydroxylation is 4. The number of imidazole rings is 4. The number of aromatic nitrogens is 16. The van der Waals surface area contributed by atoms with Gasteiger partial charge in [-0.2, -0.15) is 0 Å². The zero-order chi connectivity index (χ0) is 105. The molecule has 16 aromatic rings. The Hall–Kier alpha value is -13.2. The number of nitrogens with one attached hydrogen (secondary N) is 4. The van der Waals surface area contributed by atoms with Crippen molar-refractivity contribution >= 4 is 98.0 Å². The smallest absolute Gasteiger partial charge is 0.342 e. The Balaban J connectivity index is 0.000000157. The van der Waals surface area contributed by atoms with Crippen molar-refractivity contribution in [2.24, 2.45) is 0 Å². The molecule has 0 saturated heterocycles. The first-order valence-corrected chi connectivity index (χ1v) is 56.1. The standard InChI is InChI=1S/C27H33N6O4P.C27H35N6O4P.C26H33N6O4P.C25H31N6O4P/c1-20-8-6-7-9-22(20)15-35-16-27(12-13-27)32-38(34,37-23-10-4-3-5-11-23)19-36-21(2)14-33-18-31-24-25(28)29-17-30-26(24)33;1-20-10-8-9-11-22(20)15-35-16-27(3,4)32-38(34,37-23-12-6-5-7-13-23)19-36-21(2)14-33-18-31-24-25(28)29-17-30-26(24)33;1-19-8-7-9-22(12-19)15-34-14-20(2)31-37(33,36-23-10-5-4-6-11-23)18-35-21(3)13-32-17-30-24-25(27)28-16-29-26(24)32;1-19-8-6-7-9-21(19)15-33-13-12-30-36(32,35-22-10-4-3-5-11-22)18-34-20(2)14-31-17-29-23-24(26)27-16-28-25(23)31/h3-11,17-18,21H,12-16,19H2,1-2H3,(H,32,34)(H2,28,29,30);5-13,17-18,21H,14-16,19H2,1-4H3,(H,32,34)(H2,28,29,30);4-12,16-17,20-21H,13-15,18H2,1-3H3,(H,31,33)(H2,27,28,29);3-11,16-17,20H,12-15,18H2,1-2H3,(H,30,32)(H2,26,27,28)/t2*21-,38?;20?,21-,37?;20-,36?/m1111/s1. The number of nitrogen functional groups attached to an aromatic ring is 4. The van der Waals surface area contributed by atoms with Crippen LogP contribution in [-0.2, 0) is 109 Å². The van der Waals surface area contributed by atoms with Gasteiger partial charge in [0.1, 0.15) is 95.8 Å². The van der Waals surface area contributed by atoms with Crippen molar-refractivity contribution in [3.63, 3.8) is 0 Å². The van der Waals surface area contributed by atoms with Crippen molar-refractivity contribution < 1.29 is 74.3 Å². The van der Waals surface area contributed by atoms with Crippen LogP contribution in [0.3, 0.4) is 0 Å². The summed E-state index contributed by atoms with van der Waals surface area (Å²) < 4.78 is 135. The van der Waals surface area contributed by atoms with Crippen LogP contribution in [0.25, 0.3) is 44.7 Å². The fraction of sp³-hybridized carbons (Fsp3) is 0.352. The number of fused-ring (bicyclic) bond motifs is 4. The van der Waals surface area contributed by atoms with E-state index in [-0.39, 0.29) is 55.8 Å². The van der Waals surface area contributed by atoms with E-state index in [0.717, 1.165) is 35.1 Å². The van der Waals surface area contributed by atoms with Crippen molar-refractivity contribution in [3.8, 4) is 23.0 Å². The van der Waals surface area contributed by atoms with E-state index in [4.69, 9.17) is 78.9 Å². The highest BCUT2D eigenvalue weighted by atomic mass is 31.2. The molecule has 788 valence electrons. The maximum Gasteiger partial charge on any atom is 0.342 e. The highest BCUT2D eigenvalue weighted by Gasteiger charge is 2.49. The van der Waals surface area contributed by atoms with Crippen molar-refractivity contribution in [2.75, 3.05) is 81.3 Å². The maximum atomic E-state index is 14.1. The number of hydrogen-bond acceptors (Lipinski definition) is 32. The van der Waals surface area contributed by atoms with Crippen LogP contribution in [0.5, 0.6) is 23.0 Å². The molecule has 5 unspecified atom stereocenters. The Labute approximate surface area is 866 Å². The van der Waals surface area contributed by atoms with Crippen LogP contribution in [0.15, 0.2) is 269 Å². The number of hydrogen-bond donors (Lipinski definition) is 8. The molecule has 149 heavy (non-hydrogen) atoms. The number of anilines is 4. The topological polar surface area (TPSA) is 506 Å². The third-order valence-corrected chi connectivity index (χ3v) is 30.8. The van der Waals surface area contributed by atoms with Crippen molar-refractivity contribution in [3.05, 3.63) is 314 Å². The normalized spacial score (nSPS) is 14.9. The Kier molecular flexibility index (Phi) is 39.9. The SMILES string of the molecule is Cc1cccc(COCC(C)NP(=O)(CO[C@H](C)Cn2cnc3c(N)ncnc32)Oc2ccccc2)c1.Cc1ccccc1COCC(C)(C)NP(=O)(CO[C@H](C)Cn1cnc2c(N)ncnc21)Oc1ccccc1.Cc1ccccc1COCC1(NP(=O)(CO[C@H](C)Cn2cnc3c(N)ncnc32)Oc2ccccc2)CC1.Cc1ccccc1COCCNP(=O)(CO[C@H](C)Cn1cnc2c(N)ncnc21)Oc1ccccc1.